The number of nitro groups is 1. The van der Waals surface area contributed by atoms with E-state index < -0.39 is 22.2 Å². The fourth-order valence-electron chi connectivity index (χ4n) is 3.09. The van der Waals surface area contributed by atoms with Crippen LogP contribution in [-0.4, -0.2) is 21.9 Å². The first-order valence-electron chi connectivity index (χ1n) is 7.81. The maximum atomic E-state index is 12.3. The van der Waals surface area contributed by atoms with Gasteiger partial charge in [0.25, 0.3) is 5.69 Å². The van der Waals surface area contributed by atoms with E-state index in [0.717, 1.165) is 31.7 Å². The Morgan fingerprint density at radius 1 is 1.25 bits per heavy atom. The Hall–Kier alpha value is -2.15. The molecule has 0 atom stereocenters. The van der Waals surface area contributed by atoms with Crippen LogP contribution >= 0.6 is 11.6 Å². The molecule has 7 nitrogen and oxygen atoms in total. The summed E-state index contributed by atoms with van der Waals surface area (Å²) >= 11 is 5.95. The molecule has 1 aromatic carbocycles. The lowest BCUT2D eigenvalue weighted by molar-refractivity contribution is -0.384. The Morgan fingerprint density at radius 3 is 2.38 bits per heavy atom. The molecule has 1 aromatic rings. The number of amides is 1. The van der Waals surface area contributed by atoms with Crippen LogP contribution in [-0.2, 0) is 9.59 Å². The van der Waals surface area contributed by atoms with Gasteiger partial charge in [-0.05, 0) is 18.9 Å². The second kappa shape index (κ2) is 7.61. The van der Waals surface area contributed by atoms with Gasteiger partial charge < -0.3 is 10.4 Å². The second-order valence-corrected chi connectivity index (χ2v) is 6.55. The van der Waals surface area contributed by atoms with Crippen LogP contribution in [0.15, 0.2) is 18.2 Å². The molecule has 0 unspecified atom stereocenters. The predicted octanol–water partition coefficient (Wildman–Crippen LogP) is 4.00. The van der Waals surface area contributed by atoms with Crippen molar-refractivity contribution in [2.75, 3.05) is 5.32 Å². The van der Waals surface area contributed by atoms with Gasteiger partial charge >= 0.3 is 5.97 Å². The smallest absolute Gasteiger partial charge is 0.310 e. The van der Waals surface area contributed by atoms with Crippen molar-refractivity contribution in [3.63, 3.8) is 0 Å². The van der Waals surface area contributed by atoms with E-state index in [0.29, 0.717) is 12.8 Å². The molecule has 1 saturated carbocycles. The van der Waals surface area contributed by atoms with E-state index in [1.54, 1.807) is 0 Å². The zero-order chi connectivity index (χ0) is 17.7. The first kappa shape index (κ1) is 18.2. The molecule has 1 aliphatic rings. The zero-order valence-electron chi connectivity index (χ0n) is 13.1. The molecular formula is C16H19ClN2O5. The molecule has 0 aliphatic heterocycles. The van der Waals surface area contributed by atoms with Crippen molar-refractivity contribution >= 4 is 34.9 Å². The second-order valence-electron chi connectivity index (χ2n) is 6.15. The summed E-state index contributed by atoms with van der Waals surface area (Å²) in [5.74, 6) is -1.40. The third-order valence-corrected chi connectivity index (χ3v) is 4.76. The van der Waals surface area contributed by atoms with Gasteiger partial charge in [0.05, 0.1) is 21.0 Å². The lowest BCUT2D eigenvalue weighted by Gasteiger charge is -2.27. The summed E-state index contributed by atoms with van der Waals surface area (Å²) in [4.78, 5) is 34.1. The SMILES string of the molecule is O=C(CC1(C(=O)O)CCCCCC1)Nc1ccc([N+](=O)[O-])cc1Cl. The van der Waals surface area contributed by atoms with Crippen LogP contribution in [0, 0.1) is 15.5 Å². The standard InChI is InChI=1S/C16H19ClN2O5/c17-12-9-11(19(23)24)5-6-13(12)18-14(20)10-16(15(21)22)7-3-1-2-4-8-16/h5-6,9H,1-4,7-8,10H2,(H,18,20)(H,21,22). The molecule has 0 spiro atoms. The first-order chi connectivity index (χ1) is 11.3. The largest absolute Gasteiger partial charge is 0.481 e. The number of carbonyl (C=O) groups is 2. The summed E-state index contributed by atoms with van der Waals surface area (Å²) in [7, 11) is 0. The molecule has 0 aromatic heterocycles. The van der Waals surface area contributed by atoms with Crippen LogP contribution in [0.2, 0.25) is 5.02 Å². The number of hydrogen-bond acceptors (Lipinski definition) is 4. The molecule has 0 saturated heterocycles. The summed E-state index contributed by atoms with van der Waals surface area (Å²) < 4.78 is 0. The monoisotopic (exact) mass is 354 g/mol. The fraction of sp³-hybridized carbons (Fsp3) is 0.500. The van der Waals surface area contributed by atoms with Crippen LogP contribution in [0.5, 0.6) is 0 Å². The van der Waals surface area contributed by atoms with Crippen LogP contribution in [0.4, 0.5) is 11.4 Å². The highest BCUT2D eigenvalue weighted by Crippen LogP contribution is 2.39. The Balaban J connectivity index is 2.11. The van der Waals surface area contributed by atoms with Crippen molar-refractivity contribution < 1.29 is 19.6 Å². The highest BCUT2D eigenvalue weighted by atomic mass is 35.5. The number of carboxylic acids is 1. The van der Waals surface area contributed by atoms with Gasteiger partial charge in [-0.3, -0.25) is 19.7 Å². The number of benzene rings is 1. The Bertz CT molecular complexity index is 654. The van der Waals surface area contributed by atoms with Gasteiger partial charge in [-0.1, -0.05) is 37.3 Å². The van der Waals surface area contributed by atoms with Gasteiger partial charge in [-0.25, -0.2) is 0 Å². The third kappa shape index (κ3) is 4.23. The minimum Gasteiger partial charge on any atom is -0.481 e. The number of aliphatic carboxylic acids is 1. The van der Waals surface area contributed by atoms with Crippen LogP contribution < -0.4 is 5.32 Å². The average molecular weight is 355 g/mol. The highest BCUT2D eigenvalue weighted by molar-refractivity contribution is 6.34. The number of carboxylic acid groups (broad SMARTS) is 1. The lowest BCUT2D eigenvalue weighted by atomic mass is 9.77. The fourth-order valence-corrected chi connectivity index (χ4v) is 3.31. The van der Waals surface area contributed by atoms with Crippen molar-refractivity contribution in [3.8, 4) is 0 Å². The molecule has 1 fully saturated rings. The zero-order valence-corrected chi connectivity index (χ0v) is 13.8. The lowest BCUT2D eigenvalue weighted by Crippen LogP contribution is -2.35. The van der Waals surface area contributed by atoms with Crippen LogP contribution in [0.1, 0.15) is 44.9 Å². The van der Waals surface area contributed by atoms with Crippen molar-refractivity contribution in [3.05, 3.63) is 33.3 Å². The maximum absolute atomic E-state index is 12.3. The van der Waals surface area contributed by atoms with Gasteiger partial charge in [0.1, 0.15) is 0 Å². The molecular weight excluding hydrogens is 336 g/mol. The Labute approximate surface area is 144 Å². The van der Waals surface area contributed by atoms with Crippen molar-refractivity contribution in [1.82, 2.24) is 0 Å². The van der Waals surface area contributed by atoms with E-state index in [-0.39, 0.29) is 22.8 Å². The van der Waals surface area contributed by atoms with Gasteiger partial charge in [-0.2, -0.15) is 0 Å². The summed E-state index contributed by atoms with van der Waals surface area (Å²) in [5, 5.41) is 22.9. The summed E-state index contributed by atoms with van der Waals surface area (Å²) in [5.41, 5.74) is -0.987. The number of hydrogen-bond donors (Lipinski definition) is 2. The van der Waals surface area contributed by atoms with Gasteiger partial charge in [0.2, 0.25) is 5.91 Å². The van der Waals surface area contributed by atoms with Gasteiger partial charge in [-0.15, -0.1) is 0 Å². The topological polar surface area (TPSA) is 110 Å². The van der Waals surface area contributed by atoms with Crippen molar-refractivity contribution in [1.29, 1.82) is 0 Å². The molecule has 8 heteroatoms. The summed E-state index contributed by atoms with van der Waals surface area (Å²) in [6.45, 7) is 0. The number of nitro benzene ring substituents is 1. The van der Waals surface area contributed by atoms with Crippen LogP contribution in [0.25, 0.3) is 0 Å². The third-order valence-electron chi connectivity index (χ3n) is 4.45. The molecule has 0 bridgehead atoms. The van der Waals surface area contributed by atoms with E-state index in [4.69, 9.17) is 11.6 Å². The number of carbonyl (C=O) groups excluding carboxylic acids is 1. The molecule has 0 radical (unpaired) electrons. The molecule has 0 heterocycles. The molecule has 24 heavy (non-hydrogen) atoms. The summed E-state index contributed by atoms with van der Waals surface area (Å²) in [6, 6.07) is 3.73. The van der Waals surface area contributed by atoms with Crippen molar-refractivity contribution in [2.45, 2.75) is 44.9 Å². The van der Waals surface area contributed by atoms with E-state index in [9.17, 15) is 24.8 Å². The van der Waals surface area contributed by atoms with Gasteiger partial charge in [0, 0.05) is 18.6 Å². The minimum atomic E-state index is -1.05. The number of nitrogens with zero attached hydrogens (tertiary/aromatic N) is 1. The molecule has 2 N–H and O–H groups in total. The first-order valence-corrected chi connectivity index (χ1v) is 8.19. The van der Waals surface area contributed by atoms with Crippen LogP contribution in [0.3, 0.4) is 0 Å². The average Bonchev–Trinajstić information content (AvgIpc) is 2.75. The molecule has 2 rings (SSSR count). The van der Waals surface area contributed by atoms with E-state index in [1.807, 2.05) is 0 Å². The number of halogens is 1. The molecule has 1 aliphatic carbocycles. The summed E-state index contributed by atoms with van der Waals surface area (Å²) in [6.07, 6.45) is 4.36. The van der Waals surface area contributed by atoms with E-state index >= 15 is 0 Å². The Morgan fingerprint density at radius 2 is 1.88 bits per heavy atom. The van der Waals surface area contributed by atoms with Gasteiger partial charge in [0.15, 0.2) is 0 Å². The quantitative estimate of drug-likeness (QED) is 0.471. The number of anilines is 1. The van der Waals surface area contributed by atoms with E-state index in [2.05, 4.69) is 5.32 Å². The Kier molecular flexibility index (Phi) is 5.77. The maximum Gasteiger partial charge on any atom is 0.310 e. The molecule has 1 amide bonds. The number of rotatable bonds is 5. The van der Waals surface area contributed by atoms with Crippen molar-refractivity contribution in [2.24, 2.45) is 5.41 Å². The highest BCUT2D eigenvalue weighted by Gasteiger charge is 2.40. The molecule has 130 valence electrons. The number of nitrogens with one attached hydrogen (secondary N) is 1. The predicted molar refractivity (Wildman–Crippen MR) is 89.1 cm³/mol. The number of non-ortho nitro benzene ring substituents is 1. The van der Waals surface area contributed by atoms with E-state index in [1.165, 1.54) is 12.1 Å². The normalized spacial score (nSPS) is 16.9. The minimum absolute atomic E-state index is 0.0443.